The van der Waals surface area contributed by atoms with Gasteiger partial charge in [0.2, 0.25) is 0 Å². The third-order valence-electron chi connectivity index (χ3n) is 13.2. The monoisotopic (exact) mass is 771 g/mol. The van der Waals surface area contributed by atoms with Crippen molar-refractivity contribution in [2.75, 3.05) is 4.90 Å². The molecule has 6 aliphatic rings. The molecular weight excluding hydrogens is 739 g/mol. The first-order chi connectivity index (χ1) is 29.4. The number of rotatable bonds is 1. The van der Waals surface area contributed by atoms with Crippen molar-refractivity contribution in [3.8, 4) is 57.5 Å². The molecule has 6 nitrogen and oxygen atoms in total. The van der Waals surface area contributed by atoms with Crippen LogP contribution in [0.2, 0.25) is 0 Å². The van der Waals surface area contributed by atoms with Crippen molar-refractivity contribution in [1.82, 2.24) is 0 Å². The number of ether oxygens (including phenoxy) is 5. The molecule has 9 heteroatoms. The van der Waals surface area contributed by atoms with Gasteiger partial charge < -0.3 is 28.6 Å². The minimum Gasteiger partial charge on any atom is -0.458 e. The maximum atomic E-state index is 7.07. The molecule has 0 saturated carbocycles. The largest absolute Gasteiger partial charge is 0.458 e. The van der Waals surface area contributed by atoms with Crippen LogP contribution in [0.4, 0.5) is 17.1 Å². The molecule has 0 unspecified atom stereocenters. The molecule has 14 rings (SSSR count). The van der Waals surface area contributed by atoms with Gasteiger partial charge in [-0.3, -0.25) is 0 Å². The Balaban J connectivity index is 1.04. The van der Waals surface area contributed by atoms with Crippen LogP contribution < -0.4 is 77.7 Å². The highest BCUT2D eigenvalue weighted by Crippen LogP contribution is 2.45. The zero-order valence-electron chi connectivity index (χ0n) is 33.0. The Kier molecular flexibility index (Phi) is 6.25. The van der Waals surface area contributed by atoms with Crippen LogP contribution in [-0.2, 0) is 0 Å². The zero-order chi connectivity index (χ0) is 39.5. The van der Waals surface area contributed by atoms with E-state index >= 15 is 0 Å². The van der Waals surface area contributed by atoms with Crippen molar-refractivity contribution in [2.45, 2.75) is 20.8 Å². The summed E-state index contributed by atoms with van der Waals surface area (Å²) in [6, 6.07) is 49.7. The van der Waals surface area contributed by atoms with Gasteiger partial charge in [0.1, 0.15) is 57.5 Å². The second kappa shape index (κ2) is 11.5. The minimum atomic E-state index is -0.174. The smallest absolute Gasteiger partial charge is 0.260 e. The highest BCUT2D eigenvalue weighted by atomic mass is 16.5. The summed E-state index contributed by atoms with van der Waals surface area (Å²) >= 11 is 0. The first-order valence-corrected chi connectivity index (χ1v) is 20.6. The zero-order valence-corrected chi connectivity index (χ0v) is 33.0. The number of aryl methyl sites for hydroxylation is 3. The summed E-state index contributed by atoms with van der Waals surface area (Å²) in [5.74, 6) is 8.36. The van der Waals surface area contributed by atoms with Gasteiger partial charge in [-0.05, 0) is 136 Å². The predicted octanol–water partition coefficient (Wildman–Crippen LogP) is 6.47. The van der Waals surface area contributed by atoms with E-state index in [-0.39, 0.29) is 20.1 Å². The third kappa shape index (κ3) is 4.31. The van der Waals surface area contributed by atoms with Gasteiger partial charge in [-0.25, -0.2) is 0 Å². The average molecular weight is 771 g/mol. The fraction of sp³-hybridized carbons (Fsp3) is 0.0588. The SMILES string of the molecule is Cc1cc2c3c(c1)Oc1cc4c(cc1B3c1ccccc1O2)B1c2cc3c(cc2Oc2cc(C)cc(c21)O4)N(c1ccccc1)c1cc(C)cc2c1B3c1ccccc1O2. The number of para-hydroxylation sites is 3. The molecule has 8 aromatic carbocycles. The maximum Gasteiger partial charge on any atom is 0.260 e. The minimum absolute atomic E-state index is 0.0620. The number of hydrogen-bond acceptors (Lipinski definition) is 6. The van der Waals surface area contributed by atoms with Gasteiger partial charge in [-0.15, -0.1) is 0 Å². The highest BCUT2D eigenvalue weighted by Gasteiger charge is 2.48. The predicted molar refractivity (Wildman–Crippen MR) is 242 cm³/mol. The molecule has 0 fully saturated rings. The van der Waals surface area contributed by atoms with Crippen LogP contribution in [0.5, 0.6) is 57.5 Å². The Bertz CT molecular complexity index is 3280. The Morgan fingerprint density at radius 2 is 0.733 bits per heavy atom. The highest BCUT2D eigenvalue weighted by molar-refractivity contribution is 7.02. The molecule has 6 aliphatic heterocycles. The lowest BCUT2D eigenvalue weighted by Crippen LogP contribution is -2.64. The second-order valence-electron chi connectivity index (χ2n) is 17.0. The first-order valence-electron chi connectivity index (χ1n) is 20.6. The Labute approximate surface area is 348 Å². The first kappa shape index (κ1) is 32.7. The molecule has 0 bridgehead atoms. The molecule has 0 aliphatic carbocycles. The fourth-order valence-corrected chi connectivity index (χ4v) is 10.9. The molecule has 6 heterocycles. The molecule has 8 aromatic rings. The number of benzene rings is 8. The summed E-state index contributed by atoms with van der Waals surface area (Å²) in [4.78, 5) is 2.39. The van der Waals surface area contributed by atoms with E-state index < -0.39 is 0 Å². The number of hydrogen-bond donors (Lipinski definition) is 0. The number of nitrogens with zero attached hydrogens (tertiary/aromatic N) is 1. The van der Waals surface area contributed by atoms with Crippen LogP contribution in [0.1, 0.15) is 16.7 Å². The van der Waals surface area contributed by atoms with E-state index in [2.05, 4.69) is 159 Å². The van der Waals surface area contributed by atoms with E-state index in [0.717, 1.165) is 129 Å². The van der Waals surface area contributed by atoms with Gasteiger partial charge in [0.15, 0.2) is 0 Å². The fourth-order valence-electron chi connectivity index (χ4n) is 10.9. The third-order valence-corrected chi connectivity index (χ3v) is 13.2. The van der Waals surface area contributed by atoms with E-state index in [0.29, 0.717) is 0 Å². The van der Waals surface area contributed by atoms with Gasteiger partial charge in [-0.1, -0.05) is 66.7 Å². The van der Waals surface area contributed by atoms with Crippen molar-refractivity contribution in [1.29, 1.82) is 0 Å². The summed E-state index contributed by atoms with van der Waals surface area (Å²) < 4.78 is 34.1. The van der Waals surface area contributed by atoms with E-state index in [1.807, 2.05) is 6.07 Å². The van der Waals surface area contributed by atoms with Crippen LogP contribution >= 0.6 is 0 Å². The molecule has 0 atom stereocenters. The van der Waals surface area contributed by atoms with Gasteiger partial charge in [0.05, 0.1) is 0 Å². The lowest BCUT2D eigenvalue weighted by Gasteiger charge is -2.42. The van der Waals surface area contributed by atoms with Crippen molar-refractivity contribution >= 4 is 86.4 Å². The molecule has 0 saturated heterocycles. The summed E-state index contributed by atoms with van der Waals surface area (Å²) in [6.07, 6.45) is 0. The molecule has 60 heavy (non-hydrogen) atoms. The number of anilines is 3. The van der Waals surface area contributed by atoms with Gasteiger partial charge in [-0.2, -0.15) is 0 Å². The van der Waals surface area contributed by atoms with E-state index in [1.54, 1.807) is 0 Å². The van der Waals surface area contributed by atoms with Gasteiger partial charge in [0, 0.05) is 40.1 Å². The Hall–Kier alpha value is -7.25. The lowest BCUT2D eigenvalue weighted by molar-refractivity contribution is 0.451. The lowest BCUT2D eigenvalue weighted by atomic mass is 9.30. The van der Waals surface area contributed by atoms with Gasteiger partial charge in [0.25, 0.3) is 20.1 Å². The molecule has 0 aromatic heterocycles. The van der Waals surface area contributed by atoms with Crippen LogP contribution in [0.25, 0.3) is 0 Å². The molecule has 0 amide bonds. The van der Waals surface area contributed by atoms with Crippen LogP contribution in [0, 0.1) is 20.8 Å². The average Bonchev–Trinajstić information content (AvgIpc) is 3.24. The molecule has 0 radical (unpaired) electrons. The standard InChI is InChI=1S/C51H32B3NO5/c1-27-17-38-49-44(18-27)56-39-15-9-7-13-31(39)52(49)33-23-34-41(25-37(33)55(38)30-11-5-4-6-12-30)58-47-21-29(3)22-48-51(47)54(34)36-24-35-42(26-43(36)60-48)59-46-20-28(2)19-45-50(46)53(35)32-14-8-10-16-40(32)57-45/h4-26H,1-3H3. The molecule has 0 N–H and O–H groups in total. The van der Waals surface area contributed by atoms with Crippen LogP contribution in [0.3, 0.4) is 0 Å². The van der Waals surface area contributed by atoms with Crippen molar-refractivity contribution < 1.29 is 23.7 Å². The summed E-state index contributed by atoms with van der Waals surface area (Å²) in [5.41, 5.74) is 16.6. The summed E-state index contributed by atoms with van der Waals surface area (Å²) in [5, 5.41) is 0. The summed E-state index contributed by atoms with van der Waals surface area (Å²) in [7, 11) is 0. The van der Waals surface area contributed by atoms with E-state index in [4.69, 9.17) is 23.7 Å². The summed E-state index contributed by atoms with van der Waals surface area (Å²) in [6.45, 7) is 6.02. The van der Waals surface area contributed by atoms with Gasteiger partial charge >= 0.3 is 0 Å². The second-order valence-corrected chi connectivity index (χ2v) is 17.0. The maximum absolute atomic E-state index is 7.07. The number of fused-ring (bicyclic) bond motifs is 12. The Morgan fingerprint density at radius 3 is 1.30 bits per heavy atom. The topological polar surface area (TPSA) is 49.4 Å². The van der Waals surface area contributed by atoms with Crippen molar-refractivity contribution in [2.24, 2.45) is 0 Å². The van der Waals surface area contributed by atoms with Crippen molar-refractivity contribution in [3.05, 3.63) is 156 Å². The van der Waals surface area contributed by atoms with Crippen molar-refractivity contribution in [3.63, 3.8) is 0 Å². The Morgan fingerprint density at radius 1 is 0.317 bits per heavy atom. The van der Waals surface area contributed by atoms with Crippen LogP contribution in [-0.4, -0.2) is 20.1 Å². The normalized spacial score (nSPS) is 14.4. The van der Waals surface area contributed by atoms with Crippen LogP contribution in [0.15, 0.2) is 140 Å². The molecule has 0 spiro atoms. The van der Waals surface area contributed by atoms with E-state index in [9.17, 15) is 0 Å². The molecular formula is C51H32B3NO5. The quantitative estimate of drug-likeness (QED) is 0.179. The van der Waals surface area contributed by atoms with E-state index in [1.165, 1.54) is 10.9 Å². The molecule has 280 valence electrons.